The van der Waals surface area contributed by atoms with Crippen LogP contribution >= 0.6 is 0 Å². The minimum Gasteiger partial charge on any atom is -0.380 e. The lowest BCUT2D eigenvalue weighted by Gasteiger charge is -2.31. The Kier molecular flexibility index (Phi) is 5.17. The molecule has 2 amide bonds. The van der Waals surface area contributed by atoms with E-state index in [-0.39, 0.29) is 0 Å². The van der Waals surface area contributed by atoms with Crippen LogP contribution in [0, 0.1) is 0 Å². The van der Waals surface area contributed by atoms with Gasteiger partial charge < -0.3 is 15.7 Å². The van der Waals surface area contributed by atoms with Crippen LogP contribution in [0.25, 0.3) is 0 Å². The van der Waals surface area contributed by atoms with E-state index in [2.05, 4.69) is 0 Å². The van der Waals surface area contributed by atoms with Gasteiger partial charge in [0.25, 0.3) is 0 Å². The Labute approximate surface area is 131 Å². The van der Waals surface area contributed by atoms with Crippen LogP contribution in [0.4, 0.5) is 4.79 Å². The molecule has 0 atom stereocenters. The predicted octanol–water partition coefficient (Wildman–Crippen LogP) is 2.71. The second-order valence-electron chi connectivity index (χ2n) is 5.26. The second kappa shape index (κ2) is 7.09. The SMILES string of the molecule is CCN(CCC(O)(c1ccccc1)c1ccccc1)C(N)=O. The third kappa shape index (κ3) is 3.46. The molecule has 4 nitrogen and oxygen atoms in total. The van der Waals surface area contributed by atoms with Crippen molar-refractivity contribution in [2.75, 3.05) is 13.1 Å². The number of carbonyl (C=O) groups excluding carboxylic acids is 1. The molecule has 3 N–H and O–H groups in total. The minimum atomic E-state index is -1.15. The van der Waals surface area contributed by atoms with E-state index in [1.807, 2.05) is 67.6 Å². The number of rotatable bonds is 6. The first-order chi connectivity index (χ1) is 10.6. The van der Waals surface area contributed by atoms with E-state index < -0.39 is 11.6 Å². The van der Waals surface area contributed by atoms with Crippen LogP contribution < -0.4 is 5.73 Å². The molecule has 0 heterocycles. The maximum Gasteiger partial charge on any atom is 0.314 e. The molecule has 0 saturated heterocycles. The zero-order valence-corrected chi connectivity index (χ0v) is 12.8. The van der Waals surface area contributed by atoms with Crippen LogP contribution in [0.2, 0.25) is 0 Å². The van der Waals surface area contributed by atoms with E-state index in [9.17, 15) is 9.90 Å². The number of nitrogens with zero attached hydrogens (tertiary/aromatic N) is 1. The molecule has 0 aliphatic rings. The van der Waals surface area contributed by atoms with Gasteiger partial charge >= 0.3 is 6.03 Å². The summed E-state index contributed by atoms with van der Waals surface area (Å²) >= 11 is 0. The van der Waals surface area contributed by atoms with Crippen LogP contribution in [0.1, 0.15) is 24.5 Å². The number of aliphatic hydroxyl groups is 1. The molecule has 0 fully saturated rings. The van der Waals surface area contributed by atoms with Crippen LogP contribution in [0.3, 0.4) is 0 Å². The van der Waals surface area contributed by atoms with Gasteiger partial charge in [0.2, 0.25) is 0 Å². The number of primary amides is 1. The molecule has 0 radical (unpaired) electrons. The molecule has 0 bridgehead atoms. The molecular weight excluding hydrogens is 276 g/mol. The highest BCUT2D eigenvalue weighted by Gasteiger charge is 2.31. The molecule has 2 rings (SSSR count). The quantitative estimate of drug-likeness (QED) is 0.861. The number of amides is 2. The predicted molar refractivity (Wildman–Crippen MR) is 87.3 cm³/mol. The lowest BCUT2D eigenvalue weighted by molar-refractivity contribution is 0.0622. The average Bonchev–Trinajstić information content (AvgIpc) is 2.56. The molecule has 2 aromatic rings. The Hall–Kier alpha value is -2.33. The van der Waals surface area contributed by atoms with Gasteiger partial charge in [-0.1, -0.05) is 60.7 Å². The third-order valence-corrected chi connectivity index (χ3v) is 3.94. The minimum absolute atomic E-state index is 0.387. The third-order valence-electron chi connectivity index (χ3n) is 3.94. The fourth-order valence-corrected chi connectivity index (χ4v) is 2.60. The van der Waals surface area contributed by atoms with Crippen molar-refractivity contribution in [3.05, 3.63) is 71.8 Å². The topological polar surface area (TPSA) is 66.6 Å². The van der Waals surface area contributed by atoms with E-state index in [1.54, 1.807) is 0 Å². The zero-order chi connectivity index (χ0) is 16.0. The van der Waals surface area contributed by atoms with Crippen LogP contribution in [0.5, 0.6) is 0 Å². The molecule has 0 aromatic heterocycles. The maximum atomic E-state index is 11.4. The van der Waals surface area contributed by atoms with Gasteiger partial charge in [0, 0.05) is 19.5 Å². The van der Waals surface area contributed by atoms with E-state index in [0.29, 0.717) is 19.5 Å². The second-order valence-corrected chi connectivity index (χ2v) is 5.26. The van der Waals surface area contributed by atoms with Gasteiger partial charge in [0.1, 0.15) is 5.60 Å². The normalized spacial score (nSPS) is 11.2. The van der Waals surface area contributed by atoms with Gasteiger partial charge in [0.05, 0.1) is 0 Å². The number of benzene rings is 2. The summed E-state index contributed by atoms with van der Waals surface area (Å²) in [5.41, 5.74) is 5.83. The highest BCUT2D eigenvalue weighted by molar-refractivity contribution is 5.71. The molecule has 0 aliphatic carbocycles. The Morgan fingerprint density at radius 2 is 1.50 bits per heavy atom. The lowest BCUT2D eigenvalue weighted by Crippen LogP contribution is -2.40. The number of hydrogen-bond acceptors (Lipinski definition) is 2. The fourth-order valence-electron chi connectivity index (χ4n) is 2.60. The summed E-state index contributed by atoms with van der Waals surface area (Å²) in [6.45, 7) is 2.79. The molecule has 0 aliphatic heterocycles. The molecule has 0 unspecified atom stereocenters. The summed E-state index contributed by atoms with van der Waals surface area (Å²) in [6.07, 6.45) is 0.387. The van der Waals surface area contributed by atoms with Gasteiger partial charge in [-0.2, -0.15) is 0 Å². The first-order valence-electron chi connectivity index (χ1n) is 7.45. The molecule has 116 valence electrons. The summed E-state index contributed by atoms with van der Waals surface area (Å²) in [6, 6.07) is 18.5. The van der Waals surface area contributed by atoms with E-state index in [1.165, 1.54) is 4.90 Å². The molecular formula is C18H22N2O2. The van der Waals surface area contributed by atoms with Gasteiger partial charge in [0.15, 0.2) is 0 Å². The first-order valence-corrected chi connectivity index (χ1v) is 7.45. The van der Waals surface area contributed by atoms with Crippen molar-refractivity contribution in [3.8, 4) is 0 Å². The van der Waals surface area contributed by atoms with Gasteiger partial charge in [-0.15, -0.1) is 0 Å². The Morgan fingerprint density at radius 3 is 1.86 bits per heavy atom. The summed E-state index contributed by atoms with van der Waals surface area (Å²) < 4.78 is 0. The van der Waals surface area contributed by atoms with Crippen molar-refractivity contribution < 1.29 is 9.90 Å². The van der Waals surface area contributed by atoms with E-state index >= 15 is 0 Å². The van der Waals surface area contributed by atoms with Gasteiger partial charge in [-0.05, 0) is 18.1 Å². The lowest BCUT2D eigenvalue weighted by atomic mass is 9.83. The fraction of sp³-hybridized carbons (Fsp3) is 0.278. The summed E-state index contributed by atoms with van der Waals surface area (Å²) in [4.78, 5) is 12.9. The molecule has 0 saturated carbocycles. The Morgan fingerprint density at radius 1 is 1.05 bits per heavy atom. The summed E-state index contributed by atoms with van der Waals surface area (Å²) in [7, 11) is 0. The standard InChI is InChI=1S/C18H22N2O2/c1-2-20(17(19)21)14-13-18(22,15-9-5-3-6-10-15)16-11-7-4-8-12-16/h3-12,22H,2,13-14H2,1H3,(H2,19,21). The Balaban J connectivity index is 2.33. The highest BCUT2D eigenvalue weighted by atomic mass is 16.3. The van der Waals surface area contributed by atoms with Crippen molar-refractivity contribution in [1.29, 1.82) is 0 Å². The number of hydrogen-bond donors (Lipinski definition) is 2. The van der Waals surface area contributed by atoms with E-state index in [4.69, 9.17) is 5.73 Å². The average molecular weight is 298 g/mol. The van der Waals surface area contributed by atoms with Crippen molar-refractivity contribution in [2.24, 2.45) is 5.73 Å². The van der Waals surface area contributed by atoms with Crippen LogP contribution in [0.15, 0.2) is 60.7 Å². The smallest absolute Gasteiger partial charge is 0.314 e. The molecule has 22 heavy (non-hydrogen) atoms. The summed E-state index contributed by atoms with van der Waals surface area (Å²) in [5, 5.41) is 11.3. The highest BCUT2D eigenvalue weighted by Crippen LogP contribution is 2.33. The molecule has 0 spiro atoms. The zero-order valence-electron chi connectivity index (χ0n) is 12.8. The van der Waals surface area contributed by atoms with Gasteiger partial charge in [-0.25, -0.2) is 4.79 Å². The number of urea groups is 1. The Bertz CT molecular complexity index is 559. The summed E-state index contributed by atoms with van der Waals surface area (Å²) in [5.74, 6) is 0. The number of carbonyl (C=O) groups is 1. The van der Waals surface area contributed by atoms with Gasteiger partial charge in [-0.3, -0.25) is 0 Å². The van der Waals surface area contributed by atoms with Crippen LogP contribution in [-0.4, -0.2) is 29.1 Å². The number of nitrogens with two attached hydrogens (primary N) is 1. The molecule has 2 aromatic carbocycles. The van der Waals surface area contributed by atoms with E-state index in [0.717, 1.165) is 11.1 Å². The molecule has 4 heteroatoms. The van der Waals surface area contributed by atoms with Crippen molar-refractivity contribution >= 4 is 6.03 Å². The first kappa shape index (κ1) is 16.0. The van der Waals surface area contributed by atoms with Crippen molar-refractivity contribution in [3.63, 3.8) is 0 Å². The monoisotopic (exact) mass is 298 g/mol. The van der Waals surface area contributed by atoms with Crippen molar-refractivity contribution in [2.45, 2.75) is 18.9 Å². The van der Waals surface area contributed by atoms with Crippen LogP contribution in [-0.2, 0) is 5.60 Å². The van der Waals surface area contributed by atoms with Crippen molar-refractivity contribution in [1.82, 2.24) is 4.90 Å². The largest absolute Gasteiger partial charge is 0.380 e. The maximum absolute atomic E-state index is 11.4.